The van der Waals surface area contributed by atoms with Gasteiger partial charge in [-0.2, -0.15) is 0 Å². The molecule has 1 heterocycles. The second-order valence-corrected chi connectivity index (χ2v) is 9.41. The van der Waals surface area contributed by atoms with E-state index in [0.717, 1.165) is 26.1 Å². The summed E-state index contributed by atoms with van der Waals surface area (Å²) in [6.07, 6.45) is 0.771. The van der Waals surface area contributed by atoms with Gasteiger partial charge in [0.25, 0.3) is 0 Å². The van der Waals surface area contributed by atoms with Crippen molar-refractivity contribution in [2.24, 2.45) is 11.3 Å². The molecule has 0 aromatic rings. The molecule has 1 rings (SSSR count). The molecule has 0 bridgehead atoms. The minimum Gasteiger partial charge on any atom is -0.444 e. The van der Waals surface area contributed by atoms with Crippen molar-refractivity contribution in [2.45, 2.75) is 72.6 Å². The Hall–Kier alpha value is -0.810. The SMILES string of the molecule is CC(C)C(CNC1CCN(C(=O)OC(C)(C)C)CC1(C)C)N(C)C. The monoisotopic (exact) mass is 341 g/mol. The van der Waals surface area contributed by atoms with Crippen molar-refractivity contribution in [1.29, 1.82) is 0 Å². The number of amides is 1. The number of carbonyl (C=O) groups is 1. The average molecular weight is 342 g/mol. The van der Waals surface area contributed by atoms with E-state index in [2.05, 4.69) is 52.0 Å². The minimum atomic E-state index is -0.438. The smallest absolute Gasteiger partial charge is 0.410 e. The highest BCUT2D eigenvalue weighted by Gasteiger charge is 2.39. The first-order chi connectivity index (χ1) is 10.8. The van der Waals surface area contributed by atoms with E-state index in [4.69, 9.17) is 4.74 Å². The first kappa shape index (κ1) is 21.2. The zero-order chi connectivity index (χ0) is 18.7. The molecular formula is C19H39N3O2. The van der Waals surface area contributed by atoms with E-state index >= 15 is 0 Å². The highest BCUT2D eigenvalue weighted by molar-refractivity contribution is 5.68. The Morgan fingerprint density at radius 2 is 1.92 bits per heavy atom. The third kappa shape index (κ3) is 6.25. The van der Waals surface area contributed by atoms with Gasteiger partial charge < -0.3 is 19.9 Å². The van der Waals surface area contributed by atoms with Gasteiger partial charge in [0.2, 0.25) is 0 Å². The van der Waals surface area contributed by atoms with Crippen LogP contribution in [0.3, 0.4) is 0 Å². The molecule has 1 saturated heterocycles. The molecule has 0 aliphatic carbocycles. The van der Waals surface area contributed by atoms with Crippen LogP contribution in [0.4, 0.5) is 4.79 Å². The van der Waals surface area contributed by atoms with Gasteiger partial charge >= 0.3 is 6.09 Å². The second-order valence-electron chi connectivity index (χ2n) is 9.41. The number of piperidine rings is 1. The van der Waals surface area contributed by atoms with Gasteiger partial charge in [-0.1, -0.05) is 27.7 Å². The number of hydrogen-bond acceptors (Lipinski definition) is 4. The van der Waals surface area contributed by atoms with Crippen molar-refractivity contribution >= 4 is 6.09 Å². The van der Waals surface area contributed by atoms with Crippen LogP contribution in [0.25, 0.3) is 0 Å². The molecule has 2 atom stereocenters. The Labute approximate surface area is 149 Å². The molecule has 1 N–H and O–H groups in total. The molecule has 0 aromatic carbocycles. The molecule has 1 aliphatic rings. The third-order valence-electron chi connectivity index (χ3n) is 4.89. The number of nitrogens with one attached hydrogen (secondary N) is 1. The average Bonchev–Trinajstić information content (AvgIpc) is 2.37. The highest BCUT2D eigenvalue weighted by atomic mass is 16.6. The molecule has 2 unspecified atom stereocenters. The normalized spacial score (nSPS) is 22.8. The number of hydrogen-bond donors (Lipinski definition) is 1. The minimum absolute atomic E-state index is 0.0308. The molecule has 5 nitrogen and oxygen atoms in total. The molecule has 0 saturated carbocycles. The van der Waals surface area contributed by atoms with Gasteiger partial charge in [0.05, 0.1) is 0 Å². The number of rotatable bonds is 5. The van der Waals surface area contributed by atoms with Gasteiger partial charge in [0.1, 0.15) is 5.60 Å². The first-order valence-electron chi connectivity index (χ1n) is 9.21. The molecule has 0 aromatic heterocycles. The van der Waals surface area contributed by atoms with E-state index < -0.39 is 5.60 Å². The van der Waals surface area contributed by atoms with Gasteiger partial charge in [-0.25, -0.2) is 4.79 Å². The summed E-state index contributed by atoms with van der Waals surface area (Å²) in [6, 6.07) is 0.932. The van der Waals surface area contributed by atoms with E-state index in [1.54, 1.807) is 0 Å². The predicted octanol–water partition coefficient (Wildman–Crippen LogP) is 3.20. The summed E-state index contributed by atoms with van der Waals surface area (Å²) in [5, 5.41) is 3.76. The van der Waals surface area contributed by atoms with Crippen LogP contribution in [-0.2, 0) is 4.74 Å². The zero-order valence-corrected chi connectivity index (χ0v) is 17.3. The number of ether oxygens (including phenoxy) is 1. The van der Waals surface area contributed by atoms with Gasteiger partial charge in [0, 0.05) is 31.7 Å². The van der Waals surface area contributed by atoms with Crippen molar-refractivity contribution in [1.82, 2.24) is 15.1 Å². The van der Waals surface area contributed by atoms with Crippen molar-refractivity contribution in [3.05, 3.63) is 0 Å². The van der Waals surface area contributed by atoms with Crippen LogP contribution in [0.5, 0.6) is 0 Å². The van der Waals surface area contributed by atoms with Crippen molar-refractivity contribution in [3.8, 4) is 0 Å². The number of nitrogens with zero attached hydrogens (tertiary/aromatic N) is 2. The van der Waals surface area contributed by atoms with Crippen LogP contribution in [-0.4, -0.2) is 67.3 Å². The summed E-state index contributed by atoms with van der Waals surface area (Å²) < 4.78 is 5.53. The number of likely N-dealkylation sites (tertiary alicyclic amines) is 1. The van der Waals surface area contributed by atoms with E-state index in [1.807, 2.05) is 25.7 Å². The quantitative estimate of drug-likeness (QED) is 0.834. The zero-order valence-electron chi connectivity index (χ0n) is 17.3. The first-order valence-corrected chi connectivity index (χ1v) is 9.21. The fourth-order valence-corrected chi connectivity index (χ4v) is 3.50. The van der Waals surface area contributed by atoms with Crippen LogP contribution in [0.15, 0.2) is 0 Å². The van der Waals surface area contributed by atoms with Gasteiger partial charge in [-0.3, -0.25) is 0 Å². The maximum absolute atomic E-state index is 12.3. The molecule has 1 aliphatic heterocycles. The Balaban J connectivity index is 2.62. The number of carbonyl (C=O) groups excluding carboxylic acids is 1. The summed E-state index contributed by atoms with van der Waals surface area (Å²) in [7, 11) is 4.28. The van der Waals surface area contributed by atoms with E-state index in [9.17, 15) is 4.79 Å². The molecule has 24 heavy (non-hydrogen) atoms. The fourth-order valence-electron chi connectivity index (χ4n) is 3.50. The standard InChI is InChI=1S/C19H39N3O2/c1-14(2)15(21(8)9)12-20-16-10-11-22(13-19(16,6)7)17(23)24-18(3,4)5/h14-16,20H,10-13H2,1-9H3. The third-order valence-corrected chi connectivity index (χ3v) is 4.89. The molecule has 1 fully saturated rings. The second kappa shape index (κ2) is 8.05. The molecule has 0 radical (unpaired) electrons. The maximum atomic E-state index is 12.3. The number of likely N-dealkylation sites (N-methyl/N-ethyl adjacent to an activating group) is 1. The predicted molar refractivity (Wildman–Crippen MR) is 100 cm³/mol. The van der Waals surface area contributed by atoms with E-state index in [-0.39, 0.29) is 11.5 Å². The molecule has 1 amide bonds. The van der Waals surface area contributed by atoms with Crippen molar-refractivity contribution in [3.63, 3.8) is 0 Å². The Kier molecular flexibility index (Phi) is 7.12. The lowest BCUT2D eigenvalue weighted by Gasteiger charge is -2.45. The van der Waals surface area contributed by atoms with Gasteiger partial charge in [-0.15, -0.1) is 0 Å². The molecule has 142 valence electrons. The summed E-state index contributed by atoms with van der Waals surface area (Å²) in [4.78, 5) is 16.5. The van der Waals surface area contributed by atoms with Crippen molar-refractivity contribution < 1.29 is 9.53 Å². The Bertz CT molecular complexity index is 405. The summed E-state index contributed by atoms with van der Waals surface area (Å²) in [5.41, 5.74) is -0.407. The highest BCUT2D eigenvalue weighted by Crippen LogP contribution is 2.30. The maximum Gasteiger partial charge on any atom is 0.410 e. The summed E-state index contributed by atoms with van der Waals surface area (Å²) in [5.74, 6) is 0.609. The van der Waals surface area contributed by atoms with Crippen molar-refractivity contribution in [2.75, 3.05) is 33.7 Å². The van der Waals surface area contributed by atoms with Crippen LogP contribution in [0.1, 0.15) is 54.9 Å². The Morgan fingerprint density at radius 3 is 2.33 bits per heavy atom. The van der Waals surface area contributed by atoms with Crippen LogP contribution in [0.2, 0.25) is 0 Å². The lowest BCUT2D eigenvalue weighted by atomic mass is 9.79. The fraction of sp³-hybridized carbons (Fsp3) is 0.947. The molecular weight excluding hydrogens is 302 g/mol. The largest absolute Gasteiger partial charge is 0.444 e. The summed E-state index contributed by atoms with van der Waals surface area (Å²) in [6.45, 7) is 17.2. The van der Waals surface area contributed by atoms with E-state index in [0.29, 0.717) is 18.0 Å². The van der Waals surface area contributed by atoms with Gasteiger partial charge in [0.15, 0.2) is 0 Å². The van der Waals surface area contributed by atoms with E-state index in [1.165, 1.54) is 0 Å². The molecule has 0 spiro atoms. The van der Waals surface area contributed by atoms with Crippen LogP contribution >= 0.6 is 0 Å². The lowest BCUT2D eigenvalue weighted by Crippen LogP contribution is -2.58. The van der Waals surface area contributed by atoms with Crippen LogP contribution < -0.4 is 5.32 Å². The van der Waals surface area contributed by atoms with Gasteiger partial charge in [-0.05, 0) is 52.6 Å². The summed E-state index contributed by atoms with van der Waals surface area (Å²) >= 11 is 0. The Morgan fingerprint density at radius 1 is 1.33 bits per heavy atom. The van der Waals surface area contributed by atoms with Crippen LogP contribution in [0, 0.1) is 11.3 Å². The lowest BCUT2D eigenvalue weighted by molar-refractivity contribution is 0.00154. The molecule has 5 heteroatoms. The topological polar surface area (TPSA) is 44.8 Å².